The maximum absolute atomic E-state index is 10.5. The third-order valence-electron chi connectivity index (χ3n) is 2.75. The van der Waals surface area contributed by atoms with Crippen molar-refractivity contribution in [2.75, 3.05) is 6.61 Å². The summed E-state index contributed by atoms with van der Waals surface area (Å²) in [5.41, 5.74) is -0.0899. The topological polar surface area (TPSA) is 122 Å². The van der Waals surface area contributed by atoms with E-state index in [0.717, 1.165) is 0 Å². The van der Waals surface area contributed by atoms with E-state index in [9.17, 15) is 25.4 Å². The summed E-state index contributed by atoms with van der Waals surface area (Å²) < 4.78 is 10.3. The van der Waals surface area contributed by atoms with Crippen molar-refractivity contribution in [3.8, 4) is 5.75 Å². The van der Waals surface area contributed by atoms with E-state index in [4.69, 9.17) is 9.47 Å². The van der Waals surface area contributed by atoms with Crippen molar-refractivity contribution in [2.45, 2.75) is 24.6 Å². The van der Waals surface area contributed by atoms with Gasteiger partial charge in [0.2, 0.25) is 6.29 Å². The van der Waals surface area contributed by atoms with E-state index in [1.165, 1.54) is 24.3 Å². The van der Waals surface area contributed by atoms with Gasteiger partial charge in [-0.3, -0.25) is 10.1 Å². The number of hydrogen-bond donors (Lipinski definition) is 3. The Morgan fingerprint density at radius 1 is 1.21 bits per heavy atom. The van der Waals surface area contributed by atoms with Gasteiger partial charge in [-0.1, -0.05) is 0 Å². The molecule has 0 saturated carbocycles. The molecule has 8 heteroatoms. The van der Waals surface area contributed by atoms with Crippen molar-refractivity contribution in [2.24, 2.45) is 0 Å². The number of nitrogens with zero attached hydrogens (tertiary/aromatic N) is 1. The molecule has 0 radical (unpaired) electrons. The average Bonchev–Trinajstić information content (AvgIpc) is 2.40. The lowest BCUT2D eigenvalue weighted by Gasteiger charge is -2.34. The fraction of sp³-hybridized carbons (Fsp3) is 0.455. The minimum Gasteiger partial charge on any atom is -0.462 e. The molecule has 8 nitrogen and oxygen atoms in total. The molecule has 1 aliphatic rings. The predicted octanol–water partition coefficient (Wildman–Crippen LogP) is -0.587. The van der Waals surface area contributed by atoms with Crippen molar-refractivity contribution >= 4 is 5.69 Å². The Hall–Kier alpha value is -1.74. The molecule has 1 heterocycles. The van der Waals surface area contributed by atoms with E-state index in [2.05, 4.69) is 0 Å². The van der Waals surface area contributed by atoms with Gasteiger partial charge >= 0.3 is 0 Å². The lowest BCUT2D eigenvalue weighted by atomic mass is 10.1. The van der Waals surface area contributed by atoms with Crippen LogP contribution in [0.1, 0.15) is 0 Å². The minimum absolute atomic E-state index is 0.0899. The molecule has 2 rings (SSSR count). The van der Waals surface area contributed by atoms with Crippen molar-refractivity contribution in [3.63, 3.8) is 0 Å². The second-order valence-electron chi connectivity index (χ2n) is 4.12. The average molecular weight is 271 g/mol. The van der Waals surface area contributed by atoms with Crippen LogP contribution in [0.4, 0.5) is 5.69 Å². The van der Waals surface area contributed by atoms with Crippen LogP contribution in [0.3, 0.4) is 0 Å². The highest BCUT2D eigenvalue weighted by atomic mass is 16.7. The normalized spacial score (nSPS) is 30.9. The third kappa shape index (κ3) is 2.99. The summed E-state index contributed by atoms with van der Waals surface area (Å²) >= 11 is 0. The molecule has 3 N–H and O–H groups in total. The summed E-state index contributed by atoms with van der Waals surface area (Å²) in [6.45, 7) is -0.171. The minimum atomic E-state index is -1.40. The van der Waals surface area contributed by atoms with Crippen LogP contribution < -0.4 is 4.74 Å². The van der Waals surface area contributed by atoms with Gasteiger partial charge in [0.15, 0.2) is 0 Å². The molecule has 0 spiro atoms. The summed E-state index contributed by atoms with van der Waals surface area (Å²) in [6, 6.07) is 5.20. The standard InChI is InChI=1S/C11H13NO7/c13-8-5-18-11(10(15)9(8)14)19-7-3-1-6(2-4-7)12(16)17/h1-4,8-11,13-15H,5H2/t8-,9+,10-,11-/m1/s1. The van der Waals surface area contributed by atoms with Crippen LogP contribution in [0.25, 0.3) is 0 Å². The van der Waals surface area contributed by atoms with Gasteiger partial charge in [0, 0.05) is 12.1 Å². The second-order valence-corrected chi connectivity index (χ2v) is 4.12. The number of nitro benzene ring substituents is 1. The van der Waals surface area contributed by atoms with E-state index >= 15 is 0 Å². The van der Waals surface area contributed by atoms with Gasteiger partial charge in [0.25, 0.3) is 5.69 Å². The van der Waals surface area contributed by atoms with Crippen LogP contribution in [0.15, 0.2) is 24.3 Å². The van der Waals surface area contributed by atoms with Crippen LogP contribution >= 0.6 is 0 Å². The van der Waals surface area contributed by atoms with E-state index in [1.54, 1.807) is 0 Å². The van der Waals surface area contributed by atoms with Crippen LogP contribution in [0, 0.1) is 10.1 Å². The van der Waals surface area contributed by atoms with Crippen molar-refractivity contribution < 1.29 is 29.7 Å². The van der Waals surface area contributed by atoms with E-state index in [0.29, 0.717) is 0 Å². The molecule has 1 aliphatic heterocycles. The molecule has 19 heavy (non-hydrogen) atoms. The fourth-order valence-electron chi connectivity index (χ4n) is 1.66. The summed E-state index contributed by atoms with van der Waals surface area (Å²) in [7, 11) is 0. The van der Waals surface area contributed by atoms with E-state index in [1.807, 2.05) is 0 Å². The van der Waals surface area contributed by atoms with E-state index in [-0.39, 0.29) is 18.0 Å². The number of nitro groups is 1. The lowest BCUT2D eigenvalue weighted by molar-refractivity contribution is -0.384. The van der Waals surface area contributed by atoms with Crippen LogP contribution in [0.5, 0.6) is 5.75 Å². The Kier molecular flexibility index (Phi) is 3.96. The molecule has 0 amide bonds. The van der Waals surface area contributed by atoms with Gasteiger partial charge < -0.3 is 24.8 Å². The number of rotatable bonds is 3. The molecule has 104 valence electrons. The number of aliphatic hydroxyl groups excluding tert-OH is 3. The third-order valence-corrected chi connectivity index (χ3v) is 2.75. The van der Waals surface area contributed by atoms with Gasteiger partial charge in [-0.2, -0.15) is 0 Å². The number of ether oxygens (including phenoxy) is 2. The maximum atomic E-state index is 10.5. The largest absolute Gasteiger partial charge is 0.462 e. The fourth-order valence-corrected chi connectivity index (χ4v) is 1.66. The highest BCUT2D eigenvalue weighted by molar-refractivity contribution is 5.36. The van der Waals surface area contributed by atoms with Gasteiger partial charge in [0.1, 0.15) is 24.1 Å². The molecule has 0 bridgehead atoms. The first-order valence-electron chi connectivity index (χ1n) is 5.56. The monoisotopic (exact) mass is 271 g/mol. The first kappa shape index (κ1) is 13.7. The number of aliphatic hydroxyl groups is 3. The molecular formula is C11H13NO7. The van der Waals surface area contributed by atoms with Crippen LogP contribution in [-0.4, -0.2) is 51.5 Å². The smallest absolute Gasteiger partial charge is 0.269 e. The van der Waals surface area contributed by atoms with Crippen molar-refractivity contribution in [3.05, 3.63) is 34.4 Å². The summed E-state index contributed by atoms with van der Waals surface area (Å²) in [6.07, 6.45) is -5.08. The highest BCUT2D eigenvalue weighted by Crippen LogP contribution is 2.22. The molecule has 1 aromatic carbocycles. The summed E-state index contributed by atoms with van der Waals surface area (Å²) in [5, 5.41) is 38.8. The Labute approximate surface area is 108 Å². The van der Waals surface area contributed by atoms with Gasteiger partial charge in [-0.25, -0.2) is 0 Å². The van der Waals surface area contributed by atoms with Gasteiger partial charge in [0.05, 0.1) is 11.5 Å². The SMILES string of the molecule is O=[N+]([O-])c1ccc(O[C@H]2OC[C@@H](O)[C@H](O)[C@H]2O)cc1. The molecule has 0 aromatic heterocycles. The van der Waals surface area contributed by atoms with Crippen molar-refractivity contribution in [1.82, 2.24) is 0 Å². The Morgan fingerprint density at radius 3 is 2.42 bits per heavy atom. The zero-order valence-electron chi connectivity index (χ0n) is 9.75. The molecule has 0 unspecified atom stereocenters. The first-order chi connectivity index (χ1) is 8.99. The zero-order chi connectivity index (χ0) is 14.0. The second kappa shape index (κ2) is 5.49. The zero-order valence-corrected chi connectivity index (χ0v) is 9.75. The quantitative estimate of drug-likeness (QED) is 0.496. The number of non-ortho nitro benzene ring substituents is 1. The summed E-state index contributed by atoms with van der Waals surface area (Å²) in [5.74, 6) is 0.248. The lowest BCUT2D eigenvalue weighted by Crippen LogP contribution is -2.54. The Morgan fingerprint density at radius 2 is 1.84 bits per heavy atom. The highest BCUT2D eigenvalue weighted by Gasteiger charge is 2.38. The number of hydrogen-bond acceptors (Lipinski definition) is 7. The Bertz CT molecular complexity index is 449. The molecule has 1 aromatic rings. The molecule has 0 aliphatic carbocycles. The molecular weight excluding hydrogens is 258 g/mol. The predicted molar refractivity (Wildman–Crippen MR) is 61.5 cm³/mol. The molecule has 1 fully saturated rings. The molecule has 1 saturated heterocycles. The number of benzene rings is 1. The van der Waals surface area contributed by atoms with Gasteiger partial charge in [-0.05, 0) is 12.1 Å². The molecule has 4 atom stereocenters. The van der Waals surface area contributed by atoms with Gasteiger partial charge in [-0.15, -0.1) is 0 Å². The van der Waals surface area contributed by atoms with Crippen LogP contribution in [0.2, 0.25) is 0 Å². The summed E-state index contributed by atoms with van der Waals surface area (Å²) in [4.78, 5) is 9.93. The first-order valence-corrected chi connectivity index (χ1v) is 5.56. The Balaban J connectivity index is 2.03. The van der Waals surface area contributed by atoms with Crippen LogP contribution in [-0.2, 0) is 4.74 Å². The van der Waals surface area contributed by atoms with Crippen molar-refractivity contribution in [1.29, 1.82) is 0 Å². The maximum Gasteiger partial charge on any atom is 0.269 e. The van der Waals surface area contributed by atoms with E-state index < -0.39 is 29.5 Å².